The molecular weight excluding hydrogens is 427 g/mol. The Hall–Kier alpha value is -2.88. The van der Waals surface area contributed by atoms with Gasteiger partial charge in [0.15, 0.2) is 5.82 Å². The Morgan fingerprint density at radius 1 is 1.15 bits per heavy atom. The zero-order valence-electron chi connectivity index (χ0n) is 13.9. The van der Waals surface area contributed by atoms with Crippen molar-refractivity contribution in [2.45, 2.75) is 6.18 Å². The Kier molecular flexibility index (Phi) is 5.45. The second-order valence-electron chi connectivity index (χ2n) is 5.32. The number of nitrogens with zero attached hydrogens (tertiary/aromatic N) is 4. The molecule has 0 aliphatic carbocycles. The minimum absolute atomic E-state index is 0.172. The lowest BCUT2D eigenvalue weighted by Crippen LogP contribution is -2.06. The molecular formula is C17H13BrF3N5O. The third kappa shape index (κ3) is 4.45. The fourth-order valence-corrected chi connectivity index (χ4v) is 2.53. The largest absolute Gasteiger partial charge is 0.495 e. The number of benzene rings is 2. The van der Waals surface area contributed by atoms with E-state index in [4.69, 9.17) is 4.74 Å². The van der Waals surface area contributed by atoms with E-state index in [-0.39, 0.29) is 11.4 Å². The molecule has 1 heterocycles. The summed E-state index contributed by atoms with van der Waals surface area (Å²) in [6, 6.07) is 10.5. The van der Waals surface area contributed by atoms with Crippen molar-refractivity contribution in [3.05, 3.63) is 64.5 Å². The second kappa shape index (κ2) is 7.78. The van der Waals surface area contributed by atoms with E-state index in [2.05, 4.69) is 36.8 Å². The highest BCUT2D eigenvalue weighted by Crippen LogP contribution is 2.34. The normalized spacial score (nSPS) is 11.7. The SMILES string of the molecule is COc1ccc(C(F)(F)F)cc1N/C=C\c1nnnn1-c1ccc(Br)cc1. The molecule has 0 amide bonds. The predicted molar refractivity (Wildman–Crippen MR) is 97.5 cm³/mol. The monoisotopic (exact) mass is 439 g/mol. The first kappa shape index (κ1) is 18.9. The molecule has 6 nitrogen and oxygen atoms in total. The fourth-order valence-electron chi connectivity index (χ4n) is 2.27. The van der Waals surface area contributed by atoms with Gasteiger partial charge in [-0.2, -0.15) is 17.9 Å². The number of ether oxygens (including phenoxy) is 1. The summed E-state index contributed by atoms with van der Waals surface area (Å²) in [4.78, 5) is 0. The zero-order valence-corrected chi connectivity index (χ0v) is 15.5. The van der Waals surface area contributed by atoms with E-state index in [1.54, 1.807) is 6.08 Å². The molecule has 140 valence electrons. The molecule has 27 heavy (non-hydrogen) atoms. The van der Waals surface area contributed by atoms with Crippen LogP contribution in [0.25, 0.3) is 11.8 Å². The van der Waals surface area contributed by atoms with Crippen LogP contribution >= 0.6 is 15.9 Å². The number of halogens is 4. The van der Waals surface area contributed by atoms with Crippen LogP contribution in [0.1, 0.15) is 11.4 Å². The third-order valence-corrected chi connectivity index (χ3v) is 4.09. The van der Waals surface area contributed by atoms with Crippen LogP contribution in [0.3, 0.4) is 0 Å². The van der Waals surface area contributed by atoms with Crippen molar-refractivity contribution in [2.24, 2.45) is 0 Å². The summed E-state index contributed by atoms with van der Waals surface area (Å²) < 4.78 is 46.2. The summed E-state index contributed by atoms with van der Waals surface area (Å²) in [5.41, 5.74) is 0.129. The summed E-state index contributed by atoms with van der Waals surface area (Å²) in [6.07, 6.45) is -1.46. The van der Waals surface area contributed by atoms with Gasteiger partial charge in [0.1, 0.15) is 5.75 Å². The molecule has 3 rings (SSSR count). The Bertz CT molecular complexity index is 954. The van der Waals surface area contributed by atoms with Gasteiger partial charge in [-0.15, -0.1) is 5.10 Å². The first-order chi connectivity index (χ1) is 12.9. The molecule has 0 atom stereocenters. The van der Waals surface area contributed by atoms with Gasteiger partial charge >= 0.3 is 6.18 Å². The number of hydrogen-bond acceptors (Lipinski definition) is 5. The molecule has 0 aliphatic heterocycles. The van der Waals surface area contributed by atoms with Gasteiger partial charge in [-0.05, 0) is 52.9 Å². The number of rotatable bonds is 5. The molecule has 0 unspecified atom stereocenters. The van der Waals surface area contributed by atoms with Gasteiger partial charge in [0.05, 0.1) is 24.0 Å². The maximum absolute atomic E-state index is 12.9. The predicted octanol–water partition coefficient (Wildman–Crippen LogP) is 4.54. The summed E-state index contributed by atoms with van der Waals surface area (Å²) in [6.45, 7) is 0. The molecule has 2 aromatic carbocycles. The molecule has 0 aliphatic rings. The molecule has 0 bridgehead atoms. The Balaban J connectivity index is 1.83. The first-order valence-corrected chi connectivity index (χ1v) is 8.40. The van der Waals surface area contributed by atoms with Crippen LogP contribution in [0.4, 0.5) is 18.9 Å². The number of anilines is 1. The van der Waals surface area contributed by atoms with Crippen LogP contribution < -0.4 is 10.1 Å². The van der Waals surface area contributed by atoms with Crippen LogP contribution in [-0.2, 0) is 6.18 Å². The molecule has 0 saturated carbocycles. The van der Waals surface area contributed by atoms with Crippen LogP contribution in [0.15, 0.2) is 53.1 Å². The van der Waals surface area contributed by atoms with E-state index >= 15 is 0 Å². The van der Waals surface area contributed by atoms with Crippen LogP contribution in [-0.4, -0.2) is 27.3 Å². The number of alkyl halides is 3. The van der Waals surface area contributed by atoms with Gasteiger partial charge in [0, 0.05) is 16.7 Å². The minimum Gasteiger partial charge on any atom is -0.495 e. The molecule has 10 heteroatoms. The van der Waals surface area contributed by atoms with E-state index < -0.39 is 11.7 Å². The topological polar surface area (TPSA) is 64.9 Å². The first-order valence-electron chi connectivity index (χ1n) is 7.61. The lowest BCUT2D eigenvalue weighted by molar-refractivity contribution is -0.137. The van der Waals surface area contributed by atoms with Crippen molar-refractivity contribution in [2.75, 3.05) is 12.4 Å². The summed E-state index contributed by atoms with van der Waals surface area (Å²) in [5.74, 6) is 0.677. The van der Waals surface area contributed by atoms with Gasteiger partial charge in [-0.1, -0.05) is 15.9 Å². The van der Waals surface area contributed by atoms with Crippen LogP contribution in [0.2, 0.25) is 0 Å². The Morgan fingerprint density at radius 2 is 1.89 bits per heavy atom. The number of methoxy groups -OCH3 is 1. The van der Waals surface area contributed by atoms with Crippen molar-refractivity contribution in [3.8, 4) is 11.4 Å². The van der Waals surface area contributed by atoms with E-state index in [0.717, 1.165) is 22.3 Å². The van der Waals surface area contributed by atoms with Crippen molar-refractivity contribution in [1.29, 1.82) is 0 Å². The number of tetrazole rings is 1. The maximum Gasteiger partial charge on any atom is 0.416 e. The number of nitrogens with one attached hydrogen (secondary N) is 1. The smallest absolute Gasteiger partial charge is 0.416 e. The van der Waals surface area contributed by atoms with Gasteiger partial charge in [0.25, 0.3) is 0 Å². The maximum atomic E-state index is 12.9. The minimum atomic E-state index is -4.45. The van der Waals surface area contributed by atoms with Crippen molar-refractivity contribution < 1.29 is 17.9 Å². The fraction of sp³-hybridized carbons (Fsp3) is 0.118. The molecule has 1 aromatic heterocycles. The van der Waals surface area contributed by atoms with Gasteiger partial charge < -0.3 is 10.1 Å². The molecule has 0 saturated heterocycles. The van der Waals surface area contributed by atoms with Crippen molar-refractivity contribution >= 4 is 27.7 Å². The molecule has 0 spiro atoms. The summed E-state index contributed by atoms with van der Waals surface area (Å²) >= 11 is 3.35. The van der Waals surface area contributed by atoms with Gasteiger partial charge in [-0.3, -0.25) is 0 Å². The Morgan fingerprint density at radius 3 is 2.56 bits per heavy atom. The summed E-state index contributed by atoms with van der Waals surface area (Å²) in [7, 11) is 1.38. The van der Waals surface area contributed by atoms with E-state index in [9.17, 15) is 13.2 Å². The Labute approximate surface area is 160 Å². The molecule has 3 aromatic rings. The lowest BCUT2D eigenvalue weighted by atomic mass is 10.2. The average Bonchev–Trinajstić information content (AvgIpc) is 3.10. The van der Waals surface area contributed by atoms with E-state index in [1.165, 1.54) is 24.1 Å². The highest BCUT2D eigenvalue weighted by molar-refractivity contribution is 9.10. The quantitative estimate of drug-likeness (QED) is 0.632. The highest BCUT2D eigenvalue weighted by Gasteiger charge is 2.31. The van der Waals surface area contributed by atoms with Gasteiger partial charge in [-0.25, -0.2) is 0 Å². The van der Waals surface area contributed by atoms with Crippen LogP contribution in [0.5, 0.6) is 5.75 Å². The number of hydrogen-bond donors (Lipinski definition) is 1. The molecule has 0 fully saturated rings. The lowest BCUT2D eigenvalue weighted by Gasteiger charge is -2.12. The third-order valence-electron chi connectivity index (χ3n) is 3.56. The molecule has 0 radical (unpaired) electrons. The van der Waals surface area contributed by atoms with Crippen molar-refractivity contribution in [3.63, 3.8) is 0 Å². The van der Waals surface area contributed by atoms with E-state index in [1.807, 2.05) is 24.3 Å². The van der Waals surface area contributed by atoms with Gasteiger partial charge in [0.2, 0.25) is 0 Å². The average molecular weight is 440 g/mol. The molecule has 1 N–H and O–H groups in total. The van der Waals surface area contributed by atoms with Crippen LogP contribution in [0, 0.1) is 0 Å². The standard InChI is InChI=1S/C17H13BrF3N5O/c1-27-15-7-2-11(17(19,20)21)10-14(15)22-9-8-16-23-24-25-26(16)13-5-3-12(18)4-6-13/h2-10,22H,1H3/b9-8-. The summed E-state index contributed by atoms with van der Waals surface area (Å²) in [5, 5.41) is 14.2. The highest BCUT2D eigenvalue weighted by atomic mass is 79.9. The zero-order chi connectivity index (χ0) is 19.4. The number of aromatic nitrogens is 4. The van der Waals surface area contributed by atoms with E-state index in [0.29, 0.717) is 5.82 Å². The van der Waals surface area contributed by atoms with Crippen molar-refractivity contribution in [1.82, 2.24) is 20.2 Å². The second-order valence-corrected chi connectivity index (χ2v) is 6.23.